The maximum atomic E-state index is 11.2. The minimum atomic E-state index is -0.343. The third-order valence-electron chi connectivity index (χ3n) is 2.58. The van der Waals surface area contributed by atoms with E-state index in [0.717, 1.165) is 16.4 Å². The molecule has 19 heavy (non-hydrogen) atoms. The van der Waals surface area contributed by atoms with E-state index in [2.05, 4.69) is 20.0 Å². The van der Waals surface area contributed by atoms with Gasteiger partial charge in [0.1, 0.15) is 11.0 Å². The van der Waals surface area contributed by atoms with E-state index < -0.39 is 0 Å². The van der Waals surface area contributed by atoms with Crippen LogP contribution in [-0.2, 0) is 16.1 Å². The van der Waals surface area contributed by atoms with Gasteiger partial charge in [-0.2, -0.15) is 0 Å². The lowest BCUT2D eigenvalue weighted by Crippen LogP contribution is -2.34. The molecule has 1 unspecified atom stereocenters. The molecule has 0 spiro atoms. The summed E-state index contributed by atoms with van der Waals surface area (Å²) in [6.45, 7) is 2.29. The average molecular weight is 277 g/mol. The number of ether oxygens (including phenoxy) is 1. The maximum Gasteiger partial charge on any atom is 0.322 e. The van der Waals surface area contributed by atoms with Crippen LogP contribution in [0.3, 0.4) is 0 Å². The number of carbonyl (C=O) groups excluding carboxylic acids is 1. The van der Waals surface area contributed by atoms with Crippen LogP contribution in [0, 0.1) is 0 Å². The molecule has 2 aromatic rings. The van der Waals surface area contributed by atoms with Crippen molar-refractivity contribution in [3.63, 3.8) is 0 Å². The molecule has 0 aliphatic carbocycles. The Balaban J connectivity index is 1.97. The first-order valence-corrected chi connectivity index (χ1v) is 6.75. The molecule has 1 N–H and O–H groups in total. The summed E-state index contributed by atoms with van der Waals surface area (Å²) < 4.78 is 4.65. The number of methoxy groups -OCH3 is 1. The Bertz CT molecular complexity index is 542. The molecule has 0 fully saturated rings. The first-order chi connectivity index (χ1) is 9.20. The maximum absolute atomic E-state index is 11.2. The highest BCUT2D eigenvalue weighted by atomic mass is 32.1. The predicted octanol–water partition coefficient (Wildman–Crippen LogP) is 1.86. The molecule has 0 aliphatic rings. The van der Waals surface area contributed by atoms with Crippen LogP contribution < -0.4 is 5.32 Å². The summed E-state index contributed by atoms with van der Waals surface area (Å²) in [6, 6.07) is 5.39. The zero-order valence-corrected chi connectivity index (χ0v) is 11.6. The highest BCUT2D eigenvalue weighted by Gasteiger charge is 2.13. The number of rotatable bonds is 5. The summed E-state index contributed by atoms with van der Waals surface area (Å²) in [5.41, 5.74) is 1.75. The van der Waals surface area contributed by atoms with Crippen LogP contribution in [0.15, 0.2) is 29.8 Å². The molecule has 0 radical (unpaired) electrons. The van der Waals surface area contributed by atoms with Crippen molar-refractivity contribution in [1.29, 1.82) is 0 Å². The number of carbonyl (C=O) groups is 1. The highest BCUT2D eigenvalue weighted by molar-refractivity contribution is 7.13. The lowest BCUT2D eigenvalue weighted by Gasteiger charge is -2.09. The second-order valence-electron chi connectivity index (χ2n) is 3.98. The lowest BCUT2D eigenvalue weighted by molar-refractivity contribution is -0.142. The zero-order valence-electron chi connectivity index (χ0n) is 10.8. The van der Waals surface area contributed by atoms with Crippen LogP contribution >= 0.6 is 11.3 Å². The smallest absolute Gasteiger partial charge is 0.322 e. The molecule has 0 saturated carbocycles. The van der Waals surface area contributed by atoms with Crippen LogP contribution in [0.25, 0.3) is 10.7 Å². The number of esters is 1. The van der Waals surface area contributed by atoms with Gasteiger partial charge >= 0.3 is 5.97 Å². The minimum Gasteiger partial charge on any atom is -0.468 e. The third kappa shape index (κ3) is 3.59. The predicted molar refractivity (Wildman–Crippen MR) is 73.7 cm³/mol. The lowest BCUT2D eigenvalue weighted by atomic mass is 10.3. The van der Waals surface area contributed by atoms with Crippen LogP contribution in [0.5, 0.6) is 0 Å². The van der Waals surface area contributed by atoms with Crippen molar-refractivity contribution in [2.75, 3.05) is 7.11 Å². The fourth-order valence-electron chi connectivity index (χ4n) is 1.51. The Morgan fingerprint density at radius 1 is 1.53 bits per heavy atom. The number of aromatic nitrogens is 2. The fourth-order valence-corrected chi connectivity index (χ4v) is 2.31. The molecule has 100 valence electrons. The van der Waals surface area contributed by atoms with Crippen molar-refractivity contribution in [2.24, 2.45) is 0 Å². The number of nitrogens with zero attached hydrogens (tertiary/aromatic N) is 2. The molecule has 5 nitrogen and oxygen atoms in total. The van der Waals surface area contributed by atoms with Crippen molar-refractivity contribution in [3.05, 3.63) is 35.5 Å². The van der Waals surface area contributed by atoms with Gasteiger partial charge in [0.25, 0.3) is 0 Å². The Morgan fingerprint density at radius 2 is 2.37 bits per heavy atom. The van der Waals surface area contributed by atoms with E-state index in [-0.39, 0.29) is 12.0 Å². The molecule has 0 aromatic carbocycles. The van der Waals surface area contributed by atoms with Gasteiger partial charge in [-0.25, -0.2) is 4.98 Å². The SMILES string of the molecule is COC(=O)C(C)NCc1csc(-c2ccccn2)n1. The molecule has 0 saturated heterocycles. The van der Waals surface area contributed by atoms with E-state index in [1.54, 1.807) is 13.1 Å². The van der Waals surface area contributed by atoms with Crippen molar-refractivity contribution >= 4 is 17.3 Å². The number of thiazole rings is 1. The quantitative estimate of drug-likeness (QED) is 0.845. The van der Waals surface area contributed by atoms with E-state index in [1.165, 1.54) is 18.4 Å². The van der Waals surface area contributed by atoms with Crippen molar-refractivity contribution < 1.29 is 9.53 Å². The Kier molecular flexibility index (Phi) is 4.59. The van der Waals surface area contributed by atoms with Crippen LogP contribution in [-0.4, -0.2) is 29.1 Å². The van der Waals surface area contributed by atoms with Crippen LogP contribution in [0.1, 0.15) is 12.6 Å². The summed E-state index contributed by atoms with van der Waals surface area (Å²) in [7, 11) is 1.38. The minimum absolute atomic E-state index is 0.278. The highest BCUT2D eigenvalue weighted by Crippen LogP contribution is 2.21. The number of hydrogen-bond donors (Lipinski definition) is 1. The molecule has 0 amide bonds. The van der Waals surface area contributed by atoms with Gasteiger partial charge in [0.2, 0.25) is 0 Å². The van der Waals surface area contributed by atoms with E-state index in [0.29, 0.717) is 6.54 Å². The van der Waals surface area contributed by atoms with E-state index in [1.807, 2.05) is 23.6 Å². The molecule has 1 atom stereocenters. The van der Waals surface area contributed by atoms with Crippen LogP contribution in [0.2, 0.25) is 0 Å². The second-order valence-corrected chi connectivity index (χ2v) is 4.84. The van der Waals surface area contributed by atoms with Gasteiger partial charge in [-0.15, -0.1) is 11.3 Å². The van der Waals surface area contributed by atoms with Gasteiger partial charge in [-0.05, 0) is 19.1 Å². The summed E-state index contributed by atoms with van der Waals surface area (Å²) in [5, 5.41) is 5.90. The van der Waals surface area contributed by atoms with E-state index >= 15 is 0 Å². The van der Waals surface area contributed by atoms with Gasteiger partial charge in [0, 0.05) is 18.1 Å². The normalized spacial score (nSPS) is 12.1. The Hall–Kier alpha value is -1.79. The Labute approximate surface area is 115 Å². The molecule has 0 bridgehead atoms. The number of hydrogen-bond acceptors (Lipinski definition) is 6. The number of nitrogens with one attached hydrogen (secondary N) is 1. The van der Waals surface area contributed by atoms with Gasteiger partial charge < -0.3 is 4.74 Å². The Morgan fingerprint density at radius 3 is 3.05 bits per heavy atom. The van der Waals surface area contributed by atoms with E-state index in [9.17, 15) is 4.79 Å². The third-order valence-corrected chi connectivity index (χ3v) is 3.49. The topological polar surface area (TPSA) is 64.1 Å². The van der Waals surface area contributed by atoms with Crippen molar-refractivity contribution in [2.45, 2.75) is 19.5 Å². The molecule has 2 heterocycles. The monoisotopic (exact) mass is 277 g/mol. The van der Waals surface area contributed by atoms with Gasteiger partial charge in [-0.1, -0.05) is 6.07 Å². The molecule has 2 aromatic heterocycles. The standard InChI is InChI=1S/C13H15N3O2S/c1-9(13(17)18-2)15-7-10-8-19-12(16-10)11-5-3-4-6-14-11/h3-6,8-9,15H,7H2,1-2H3. The largest absolute Gasteiger partial charge is 0.468 e. The van der Waals surface area contributed by atoms with Crippen molar-refractivity contribution in [1.82, 2.24) is 15.3 Å². The van der Waals surface area contributed by atoms with Gasteiger partial charge in [0.05, 0.1) is 18.5 Å². The number of pyridine rings is 1. The average Bonchev–Trinajstić information content (AvgIpc) is 2.93. The summed E-state index contributed by atoms with van der Waals surface area (Å²) >= 11 is 1.54. The summed E-state index contributed by atoms with van der Waals surface area (Å²) in [4.78, 5) is 20.0. The molecule has 6 heteroatoms. The second kappa shape index (κ2) is 6.40. The zero-order chi connectivity index (χ0) is 13.7. The molecule has 2 rings (SSSR count). The molecule has 0 aliphatic heterocycles. The summed E-state index contributed by atoms with van der Waals surface area (Å²) in [5.74, 6) is -0.278. The van der Waals surface area contributed by atoms with Crippen LogP contribution in [0.4, 0.5) is 0 Å². The fraction of sp³-hybridized carbons (Fsp3) is 0.308. The summed E-state index contributed by atoms with van der Waals surface area (Å²) in [6.07, 6.45) is 1.74. The first kappa shape index (κ1) is 13.6. The molecular formula is C13H15N3O2S. The first-order valence-electron chi connectivity index (χ1n) is 5.87. The van der Waals surface area contributed by atoms with E-state index in [4.69, 9.17) is 0 Å². The van der Waals surface area contributed by atoms with Gasteiger partial charge in [0.15, 0.2) is 0 Å². The van der Waals surface area contributed by atoms with Gasteiger partial charge in [-0.3, -0.25) is 15.1 Å². The van der Waals surface area contributed by atoms with Crippen molar-refractivity contribution in [3.8, 4) is 10.7 Å². The molecular weight excluding hydrogens is 262 g/mol.